The second kappa shape index (κ2) is 10.9. The molecule has 3 nitrogen and oxygen atoms in total. The first-order valence-electron chi connectivity index (χ1n) is 9.90. The molecule has 0 saturated heterocycles. The number of pyridine rings is 1. The molecule has 2 heterocycles. The molecule has 0 unspecified atom stereocenters. The van der Waals surface area contributed by atoms with Crippen molar-refractivity contribution in [2.45, 2.75) is 10.8 Å². The Morgan fingerprint density at radius 2 is 1.84 bits per heavy atom. The minimum absolute atomic E-state index is 0.487. The van der Waals surface area contributed by atoms with Gasteiger partial charge >= 0.3 is 0 Å². The zero-order chi connectivity index (χ0) is 22.3. The zero-order valence-electron chi connectivity index (χ0n) is 17.0. The van der Waals surface area contributed by atoms with E-state index in [4.69, 9.17) is 16.6 Å². The Morgan fingerprint density at radius 1 is 1.06 bits per heavy atom. The van der Waals surface area contributed by atoms with E-state index in [9.17, 15) is 9.47 Å². The Balaban J connectivity index is 1.56. The molecule has 0 radical (unpaired) electrons. The fourth-order valence-corrected chi connectivity index (χ4v) is 6.45. The van der Waals surface area contributed by atoms with Gasteiger partial charge in [0.2, 0.25) is 0 Å². The largest absolute Gasteiger partial charge is 0.259 e. The van der Waals surface area contributed by atoms with Crippen molar-refractivity contribution in [3.8, 4) is 27.8 Å². The maximum absolute atomic E-state index is 12.6. The van der Waals surface area contributed by atoms with E-state index in [2.05, 4.69) is 6.07 Å². The summed E-state index contributed by atoms with van der Waals surface area (Å²) in [6.07, 6.45) is 0. The van der Waals surface area contributed by atoms with Crippen LogP contribution in [0.5, 0.6) is 0 Å². The number of nitriles is 1. The number of rotatable bonds is 8. The highest BCUT2D eigenvalue weighted by Gasteiger charge is 2.16. The third-order valence-electron chi connectivity index (χ3n) is 4.75. The lowest BCUT2D eigenvalue weighted by Crippen LogP contribution is -2.04. The smallest absolute Gasteiger partial charge is 0.115 e. The van der Waals surface area contributed by atoms with Gasteiger partial charge in [0, 0.05) is 38.6 Å². The molecule has 7 heteroatoms. The van der Waals surface area contributed by atoms with Gasteiger partial charge in [-0.2, -0.15) is 5.26 Å². The Hall–Kier alpha value is -2.43. The summed E-state index contributed by atoms with van der Waals surface area (Å²) in [5.74, 6) is 1.62. The molecular weight excluding hydrogens is 476 g/mol. The summed E-state index contributed by atoms with van der Waals surface area (Å²) < 4.78 is 12.6. The maximum atomic E-state index is 12.6. The second-order valence-electron chi connectivity index (χ2n) is 6.95. The van der Waals surface area contributed by atoms with Crippen LogP contribution in [0.15, 0.2) is 83.2 Å². The van der Waals surface area contributed by atoms with Crippen molar-refractivity contribution < 1.29 is 4.21 Å². The molecule has 0 aliphatic rings. The average molecular weight is 495 g/mol. The van der Waals surface area contributed by atoms with E-state index in [-0.39, 0.29) is 0 Å². The Kier molecular flexibility index (Phi) is 7.77. The average Bonchev–Trinajstić information content (AvgIpc) is 3.36. The Morgan fingerprint density at radius 3 is 2.53 bits per heavy atom. The second-order valence-corrected chi connectivity index (χ2v) is 11.0. The van der Waals surface area contributed by atoms with Gasteiger partial charge in [-0.05, 0) is 40.8 Å². The number of benzene rings is 2. The summed E-state index contributed by atoms with van der Waals surface area (Å²) in [6, 6.07) is 25.7. The van der Waals surface area contributed by atoms with Crippen molar-refractivity contribution in [1.29, 1.82) is 5.26 Å². The molecule has 0 aliphatic heterocycles. The van der Waals surface area contributed by atoms with Gasteiger partial charge in [0.25, 0.3) is 0 Å². The molecule has 0 fully saturated rings. The van der Waals surface area contributed by atoms with Crippen molar-refractivity contribution in [1.82, 2.24) is 4.98 Å². The van der Waals surface area contributed by atoms with Crippen LogP contribution in [0, 0.1) is 11.3 Å². The summed E-state index contributed by atoms with van der Waals surface area (Å²) in [5, 5.41) is 13.3. The Labute approximate surface area is 203 Å². The Bertz CT molecular complexity index is 1250. The van der Waals surface area contributed by atoms with Gasteiger partial charge in [-0.25, -0.2) is 4.98 Å². The van der Waals surface area contributed by atoms with Gasteiger partial charge in [-0.1, -0.05) is 60.1 Å². The van der Waals surface area contributed by atoms with E-state index in [1.165, 1.54) is 11.8 Å². The van der Waals surface area contributed by atoms with Crippen LogP contribution in [0.2, 0.25) is 5.02 Å². The first-order chi connectivity index (χ1) is 15.6. The van der Waals surface area contributed by atoms with Crippen molar-refractivity contribution in [3.63, 3.8) is 0 Å². The quantitative estimate of drug-likeness (QED) is 0.246. The molecule has 0 bridgehead atoms. The number of aromatic nitrogens is 1. The lowest BCUT2D eigenvalue weighted by Gasteiger charge is -2.12. The molecule has 2 aromatic carbocycles. The number of halogens is 1. The molecule has 0 N–H and O–H groups in total. The highest BCUT2D eigenvalue weighted by molar-refractivity contribution is 8.00. The molecular formula is C25H19ClN2OS3. The number of thiophene rings is 1. The van der Waals surface area contributed by atoms with Gasteiger partial charge in [0.15, 0.2) is 0 Å². The molecule has 0 saturated carbocycles. The molecule has 0 spiro atoms. The molecule has 4 aromatic rings. The van der Waals surface area contributed by atoms with Gasteiger partial charge in [-0.3, -0.25) is 4.21 Å². The molecule has 32 heavy (non-hydrogen) atoms. The minimum Gasteiger partial charge on any atom is -0.259 e. The van der Waals surface area contributed by atoms with Crippen LogP contribution in [-0.2, 0) is 16.6 Å². The highest BCUT2D eigenvalue weighted by Crippen LogP contribution is 2.35. The van der Waals surface area contributed by atoms with Crippen molar-refractivity contribution >= 4 is 45.5 Å². The van der Waals surface area contributed by atoms with Gasteiger partial charge < -0.3 is 0 Å². The number of hydrogen-bond donors (Lipinski definition) is 0. The fraction of sp³-hybridized carbons (Fsp3) is 0.120. The van der Waals surface area contributed by atoms with Crippen LogP contribution in [0.25, 0.3) is 21.7 Å². The van der Waals surface area contributed by atoms with Crippen molar-refractivity contribution in [2.75, 3.05) is 11.5 Å². The van der Waals surface area contributed by atoms with Gasteiger partial charge in [-0.15, -0.1) is 23.1 Å². The van der Waals surface area contributed by atoms with Crippen LogP contribution in [0.1, 0.15) is 11.1 Å². The summed E-state index contributed by atoms with van der Waals surface area (Å²) in [7, 11) is -1.01. The van der Waals surface area contributed by atoms with Crippen LogP contribution >= 0.6 is 34.7 Å². The van der Waals surface area contributed by atoms with Crippen molar-refractivity contribution in [2.24, 2.45) is 0 Å². The zero-order valence-corrected chi connectivity index (χ0v) is 20.2. The van der Waals surface area contributed by atoms with E-state index in [0.717, 1.165) is 27.3 Å². The molecule has 4 rings (SSSR count). The predicted molar refractivity (Wildman–Crippen MR) is 137 cm³/mol. The maximum Gasteiger partial charge on any atom is 0.115 e. The van der Waals surface area contributed by atoms with E-state index in [1.807, 2.05) is 78.2 Å². The van der Waals surface area contributed by atoms with E-state index < -0.39 is 10.8 Å². The normalized spacial score (nSPS) is 11.8. The van der Waals surface area contributed by atoms with E-state index in [0.29, 0.717) is 32.9 Å². The standard InChI is InChI=1S/C25H19ClN2OS3/c26-20-10-8-18(9-11-20)17-32(29)14-13-31-25-22(16-27)21(19-5-2-1-3-6-19)15-23(28-25)24-7-4-12-30-24/h1-12,15H,13-14,17H2/t32-/m1/s1. The minimum atomic E-state index is -1.01. The third-order valence-corrected chi connectivity index (χ3v) is 8.44. The molecule has 2 aromatic heterocycles. The first-order valence-corrected chi connectivity index (χ1v) is 13.6. The topological polar surface area (TPSA) is 53.8 Å². The van der Waals surface area contributed by atoms with E-state index >= 15 is 0 Å². The molecule has 0 amide bonds. The van der Waals surface area contributed by atoms with Crippen LogP contribution in [0.4, 0.5) is 0 Å². The lowest BCUT2D eigenvalue weighted by atomic mass is 10.0. The molecule has 1 atom stereocenters. The fourth-order valence-electron chi connectivity index (χ4n) is 3.20. The van der Waals surface area contributed by atoms with Gasteiger partial charge in [0.05, 0.1) is 16.1 Å². The summed E-state index contributed by atoms with van der Waals surface area (Å²) >= 11 is 9.03. The van der Waals surface area contributed by atoms with Crippen LogP contribution < -0.4 is 0 Å². The number of hydrogen-bond acceptors (Lipinski definition) is 5. The summed E-state index contributed by atoms with van der Waals surface area (Å²) in [5.41, 5.74) is 4.26. The number of thioether (sulfide) groups is 1. The SMILES string of the molecule is N#Cc1c(-c2ccccc2)cc(-c2cccs2)nc1SCC[S@@](=O)Cc1ccc(Cl)cc1. The molecule has 160 valence electrons. The summed E-state index contributed by atoms with van der Waals surface area (Å²) in [4.78, 5) is 5.86. The van der Waals surface area contributed by atoms with Gasteiger partial charge in [0.1, 0.15) is 11.1 Å². The van der Waals surface area contributed by atoms with Crippen LogP contribution in [-0.4, -0.2) is 20.7 Å². The highest BCUT2D eigenvalue weighted by atomic mass is 35.5. The predicted octanol–water partition coefficient (Wildman–Crippen LogP) is 7.04. The lowest BCUT2D eigenvalue weighted by molar-refractivity contribution is 0.683. The monoisotopic (exact) mass is 494 g/mol. The van der Waals surface area contributed by atoms with Crippen LogP contribution in [0.3, 0.4) is 0 Å². The third kappa shape index (κ3) is 5.67. The summed E-state index contributed by atoms with van der Waals surface area (Å²) in [6.45, 7) is 0. The first kappa shape index (κ1) is 22.8. The van der Waals surface area contributed by atoms with Crippen molar-refractivity contribution in [3.05, 3.63) is 94.3 Å². The number of nitrogens with zero attached hydrogens (tertiary/aromatic N) is 2. The van der Waals surface area contributed by atoms with E-state index in [1.54, 1.807) is 11.3 Å². The molecule has 0 aliphatic carbocycles.